The molecule has 0 amide bonds. The van der Waals surface area contributed by atoms with Crippen molar-refractivity contribution in [3.05, 3.63) is 47.2 Å². The van der Waals surface area contributed by atoms with Gasteiger partial charge in [-0.05, 0) is 101 Å². The minimum Gasteiger partial charge on any atom is -0.497 e. The maximum atomic E-state index is 14.0. The zero-order valence-corrected chi connectivity index (χ0v) is 25.1. The zero-order valence-electron chi connectivity index (χ0n) is 25.1. The summed E-state index contributed by atoms with van der Waals surface area (Å²) in [5.74, 6) is -0.121. The summed E-state index contributed by atoms with van der Waals surface area (Å²) in [4.78, 5) is 29.1. The molecule has 4 atom stereocenters. The van der Waals surface area contributed by atoms with Gasteiger partial charge in [0, 0.05) is 6.54 Å². The number of benzene rings is 1. The number of aliphatic hydroxyl groups is 2. The van der Waals surface area contributed by atoms with Crippen LogP contribution in [0.3, 0.4) is 0 Å². The van der Waals surface area contributed by atoms with Crippen molar-refractivity contribution in [1.29, 1.82) is 0 Å². The van der Waals surface area contributed by atoms with Crippen molar-refractivity contribution in [3.8, 4) is 11.5 Å². The highest BCUT2D eigenvalue weighted by Gasteiger charge is 2.59. The van der Waals surface area contributed by atoms with Gasteiger partial charge in [0.25, 0.3) is 0 Å². The maximum Gasteiger partial charge on any atom is 0.339 e. The fourth-order valence-corrected chi connectivity index (χ4v) is 6.89. The van der Waals surface area contributed by atoms with Crippen molar-refractivity contribution in [2.24, 2.45) is 0 Å². The number of nitrogens with zero attached hydrogens (tertiary/aromatic N) is 1. The first-order valence-corrected chi connectivity index (χ1v) is 14.8. The Morgan fingerprint density at radius 2 is 1.90 bits per heavy atom. The van der Waals surface area contributed by atoms with E-state index in [1.54, 1.807) is 27.9 Å². The van der Waals surface area contributed by atoms with Gasteiger partial charge in [-0.3, -0.25) is 9.69 Å². The Hall–Kier alpha value is -3.08. The summed E-state index contributed by atoms with van der Waals surface area (Å²) in [5, 5.41) is 21.9. The predicted molar refractivity (Wildman–Crippen MR) is 153 cm³/mol. The first-order valence-electron chi connectivity index (χ1n) is 14.8. The van der Waals surface area contributed by atoms with E-state index in [4.69, 9.17) is 23.7 Å². The van der Waals surface area contributed by atoms with E-state index >= 15 is 0 Å². The van der Waals surface area contributed by atoms with E-state index in [0.717, 1.165) is 43.5 Å². The molecule has 4 unspecified atom stereocenters. The molecule has 230 valence electrons. The van der Waals surface area contributed by atoms with E-state index in [0.29, 0.717) is 29.3 Å². The molecular weight excluding hydrogens is 542 g/mol. The quantitative estimate of drug-likeness (QED) is 0.294. The van der Waals surface area contributed by atoms with Crippen molar-refractivity contribution >= 4 is 11.9 Å². The van der Waals surface area contributed by atoms with Gasteiger partial charge in [-0.25, -0.2) is 4.79 Å². The van der Waals surface area contributed by atoms with Crippen LogP contribution < -0.4 is 9.47 Å². The molecule has 0 aromatic heterocycles. The first-order chi connectivity index (χ1) is 19.8. The van der Waals surface area contributed by atoms with Crippen LogP contribution in [0.2, 0.25) is 0 Å². The summed E-state index contributed by atoms with van der Waals surface area (Å²) < 4.78 is 28.7. The van der Waals surface area contributed by atoms with Crippen LogP contribution in [-0.4, -0.2) is 83.5 Å². The van der Waals surface area contributed by atoms with Crippen LogP contribution in [0, 0.1) is 0 Å². The van der Waals surface area contributed by atoms with E-state index in [1.165, 1.54) is 0 Å². The SMILES string of the molecule is C=C(C)COC(=O)CC(O)(CCCC(C)(C)O)C(=O)OC1C(OC)=CC23CCCN2CCc2cc4c(cc2C13)OCO4. The Kier molecular flexibility index (Phi) is 8.35. The van der Waals surface area contributed by atoms with Crippen LogP contribution in [0.1, 0.15) is 76.3 Å². The Morgan fingerprint density at radius 1 is 1.17 bits per heavy atom. The van der Waals surface area contributed by atoms with Crippen molar-refractivity contribution in [2.45, 2.75) is 94.5 Å². The number of ether oxygens (including phenoxy) is 5. The number of rotatable bonds is 11. The van der Waals surface area contributed by atoms with Gasteiger partial charge in [-0.2, -0.15) is 0 Å². The van der Waals surface area contributed by atoms with E-state index in [1.807, 2.05) is 12.1 Å². The molecule has 4 aliphatic rings. The number of fused-ring (bicyclic) bond motifs is 3. The average molecular weight is 586 g/mol. The molecule has 1 aromatic rings. The van der Waals surface area contributed by atoms with Crippen molar-refractivity contribution in [1.82, 2.24) is 4.90 Å². The molecule has 3 aliphatic heterocycles. The molecule has 3 heterocycles. The minimum absolute atomic E-state index is 0.0138. The maximum absolute atomic E-state index is 14.0. The van der Waals surface area contributed by atoms with Gasteiger partial charge in [0.2, 0.25) is 6.79 Å². The highest BCUT2D eigenvalue weighted by Crippen LogP contribution is 2.55. The van der Waals surface area contributed by atoms with E-state index in [2.05, 4.69) is 17.6 Å². The van der Waals surface area contributed by atoms with Crippen LogP contribution in [-0.2, 0) is 30.2 Å². The molecule has 1 spiro atoms. The molecular formula is C32H43NO9. The molecule has 5 rings (SSSR count). The summed E-state index contributed by atoms with van der Waals surface area (Å²) >= 11 is 0. The largest absolute Gasteiger partial charge is 0.497 e. The molecule has 1 saturated heterocycles. The smallest absolute Gasteiger partial charge is 0.339 e. The summed E-state index contributed by atoms with van der Waals surface area (Å²) in [6, 6.07) is 4.01. The van der Waals surface area contributed by atoms with Crippen molar-refractivity contribution < 1.29 is 43.5 Å². The normalized spacial score (nSPS) is 25.8. The topological polar surface area (TPSA) is 124 Å². The number of carbonyl (C=O) groups is 2. The molecule has 1 aromatic carbocycles. The second-order valence-electron chi connectivity index (χ2n) is 12.8. The minimum atomic E-state index is -2.16. The third-order valence-electron chi connectivity index (χ3n) is 8.87. The number of esters is 2. The number of hydrogen-bond acceptors (Lipinski definition) is 10. The van der Waals surface area contributed by atoms with Crippen LogP contribution in [0.4, 0.5) is 0 Å². The molecule has 2 N–H and O–H groups in total. The van der Waals surface area contributed by atoms with Crippen molar-refractivity contribution in [3.63, 3.8) is 0 Å². The average Bonchev–Trinajstić information content (AvgIpc) is 3.60. The summed E-state index contributed by atoms with van der Waals surface area (Å²) in [6.45, 7) is 10.6. The third-order valence-corrected chi connectivity index (χ3v) is 8.87. The van der Waals surface area contributed by atoms with Gasteiger partial charge in [0.1, 0.15) is 12.4 Å². The summed E-state index contributed by atoms with van der Waals surface area (Å²) in [7, 11) is 1.55. The van der Waals surface area contributed by atoms with Gasteiger partial charge in [-0.1, -0.05) is 6.58 Å². The highest BCUT2D eigenvalue weighted by atomic mass is 16.7. The first kappa shape index (κ1) is 30.4. The van der Waals surface area contributed by atoms with Crippen LogP contribution in [0.5, 0.6) is 11.5 Å². The molecule has 1 fully saturated rings. The van der Waals surface area contributed by atoms with E-state index in [-0.39, 0.29) is 32.2 Å². The van der Waals surface area contributed by atoms with E-state index < -0.39 is 41.2 Å². The van der Waals surface area contributed by atoms with Gasteiger partial charge in [0.15, 0.2) is 23.2 Å². The molecule has 0 radical (unpaired) electrons. The van der Waals surface area contributed by atoms with E-state index in [9.17, 15) is 19.8 Å². The molecule has 42 heavy (non-hydrogen) atoms. The number of methoxy groups -OCH3 is 1. The number of hydrogen-bond donors (Lipinski definition) is 2. The fraction of sp³-hybridized carbons (Fsp3) is 0.625. The van der Waals surface area contributed by atoms with Crippen LogP contribution >= 0.6 is 0 Å². The zero-order chi connectivity index (χ0) is 30.3. The summed E-state index contributed by atoms with van der Waals surface area (Å²) in [5.41, 5.74) is -0.878. The molecule has 0 saturated carbocycles. The molecule has 10 heteroatoms. The Morgan fingerprint density at radius 3 is 2.60 bits per heavy atom. The molecule has 1 aliphatic carbocycles. The van der Waals surface area contributed by atoms with Crippen LogP contribution in [0.25, 0.3) is 0 Å². The summed E-state index contributed by atoms with van der Waals surface area (Å²) in [6.07, 6.45) is 3.82. The third kappa shape index (κ3) is 5.89. The predicted octanol–water partition coefficient (Wildman–Crippen LogP) is 3.53. The standard InChI is InChI=1S/C32H43NO9/c1-20(2)18-39-26(34)17-32(37,11-6-9-30(3,4)36)29(35)42-28-25(38-5)16-31-10-7-12-33(31)13-8-21-14-23-24(41-19-40-23)15-22(21)27(28)31/h14-16,27-28,36-37H,1,6-13,17-19H2,2-5H3. The lowest BCUT2D eigenvalue weighted by Gasteiger charge is -2.39. The van der Waals surface area contributed by atoms with Gasteiger partial charge < -0.3 is 33.9 Å². The monoisotopic (exact) mass is 585 g/mol. The lowest BCUT2D eigenvalue weighted by Crippen LogP contribution is -2.49. The van der Waals surface area contributed by atoms with Gasteiger partial charge in [-0.15, -0.1) is 0 Å². The number of carbonyl (C=O) groups excluding carboxylic acids is 2. The van der Waals surface area contributed by atoms with Crippen molar-refractivity contribution in [2.75, 3.05) is 33.6 Å². The Labute approximate surface area is 247 Å². The highest BCUT2D eigenvalue weighted by molar-refractivity contribution is 5.86. The molecule has 0 bridgehead atoms. The Balaban J connectivity index is 1.48. The Bertz CT molecular complexity index is 1270. The second kappa shape index (κ2) is 11.5. The van der Waals surface area contributed by atoms with Gasteiger partial charge in [0.05, 0.1) is 30.6 Å². The molecule has 10 nitrogen and oxygen atoms in total. The fourth-order valence-electron chi connectivity index (χ4n) is 6.89. The second-order valence-corrected chi connectivity index (χ2v) is 12.8. The lowest BCUT2D eigenvalue weighted by atomic mass is 9.77. The lowest BCUT2D eigenvalue weighted by molar-refractivity contribution is -0.179. The van der Waals surface area contributed by atoms with Crippen LogP contribution in [0.15, 0.2) is 36.1 Å². The van der Waals surface area contributed by atoms with Gasteiger partial charge >= 0.3 is 11.9 Å².